The minimum Gasteiger partial charge on any atom is -0.353 e. The van der Waals surface area contributed by atoms with Crippen molar-refractivity contribution in [2.75, 3.05) is 5.75 Å². The molecule has 1 aliphatic carbocycles. The van der Waals surface area contributed by atoms with Crippen molar-refractivity contribution in [1.82, 2.24) is 25.1 Å². The highest BCUT2D eigenvalue weighted by molar-refractivity contribution is 8.00. The van der Waals surface area contributed by atoms with Gasteiger partial charge in [0.25, 0.3) is 0 Å². The number of hydrogen-bond donors (Lipinski definition) is 1. The molecule has 1 fully saturated rings. The van der Waals surface area contributed by atoms with E-state index in [2.05, 4.69) is 20.4 Å². The number of hydrogen-bond acceptors (Lipinski definition) is 5. The molecule has 26 heavy (non-hydrogen) atoms. The van der Waals surface area contributed by atoms with Crippen LogP contribution in [0.25, 0.3) is 16.7 Å². The number of halogens is 1. The average molecular weight is 388 g/mol. The van der Waals surface area contributed by atoms with Gasteiger partial charge in [0.1, 0.15) is 11.4 Å². The molecule has 1 aliphatic rings. The molecule has 8 heteroatoms. The largest absolute Gasteiger partial charge is 0.353 e. The molecule has 2 heterocycles. The van der Waals surface area contributed by atoms with Gasteiger partial charge >= 0.3 is 0 Å². The highest BCUT2D eigenvalue weighted by Crippen LogP contribution is 2.26. The number of fused-ring (bicyclic) bond motifs is 1. The Labute approximate surface area is 160 Å². The van der Waals surface area contributed by atoms with E-state index in [0.717, 1.165) is 28.9 Å². The molecule has 1 aromatic carbocycles. The summed E-state index contributed by atoms with van der Waals surface area (Å²) < 4.78 is 1.75. The number of aromatic nitrogens is 4. The van der Waals surface area contributed by atoms with Crippen molar-refractivity contribution in [3.63, 3.8) is 0 Å². The lowest BCUT2D eigenvalue weighted by atomic mass is 10.2. The third kappa shape index (κ3) is 3.68. The standard InChI is InChI=1S/C18H18ClN5OS/c19-12-5-7-14(8-6-12)24-17-15(9-22-24)18(21-11-20-17)26-10-16(25)23-13-3-1-2-4-13/h5-9,11,13H,1-4,10H2,(H,23,25). The van der Waals surface area contributed by atoms with Crippen LogP contribution in [0, 0.1) is 0 Å². The number of amides is 1. The first-order valence-electron chi connectivity index (χ1n) is 8.57. The Morgan fingerprint density at radius 2 is 2.00 bits per heavy atom. The first kappa shape index (κ1) is 17.3. The van der Waals surface area contributed by atoms with Gasteiger partial charge < -0.3 is 5.32 Å². The second-order valence-corrected chi connectivity index (χ2v) is 7.69. The Morgan fingerprint density at radius 1 is 1.23 bits per heavy atom. The monoisotopic (exact) mass is 387 g/mol. The zero-order valence-corrected chi connectivity index (χ0v) is 15.6. The molecule has 0 unspecified atom stereocenters. The van der Waals surface area contributed by atoms with Gasteiger partial charge in [-0.05, 0) is 37.1 Å². The molecular formula is C18H18ClN5OS. The second kappa shape index (κ2) is 7.63. The summed E-state index contributed by atoms with van der Waals surface area (Å²) in [5.74, 6) is 0.396. The number of thioether (sulfide) groups is 1. The molecule has 0 bridgehead atoms. The maximum atomic E-state index is 12.2. The first-order valence-corrected chi connectivity index (χ1v) is 9.94. The molecule has 1 amide bonds. The molecule has 3 aromatic rings. The summed E-state index contributed by atoms with van der Waals surface area (Å²) in [6.07, 6.45) is 7.82. The molecule has 2 aromatic heterocycles. The van der Waals surface area contributed by atoms with E-state index in [0.29, 0.717) is 22.5 Å². The van der Waals surface area contributed by atoms with Crippen molar-refractivity contribution >= 4 is 40.3 Å². The van der Waals surface area contributed by atoms with Crippen LogP contribution in [0.1, 0.15) is 25.7 Å². The molecule has 0 saturated heterocycles. The van der Waals surface area contributed by atoms with Crippen LogP contribution in [0.3, 0.4) is 0 Å². The van der Waals surface area contributed by atoms with Gasteiger partial charge in [0.2, 0.25) is 5.91 Å². The topological polar surface area (TPSA) is 72.7 Å². The fourth-order valence-electron chi connectivity index (χ4n) is 3.18. The molecule has 0 aliphatic heterocycles. The van der Waals surface area contributed by atoms with Gasteiger partial charge in [-0.15, -0.1) is 0 Å². The van der Waals surface area contributed by atoms with E-state index in [1.54, 1.807) is 10.9 Å². The number of rotatable bonds is 5. The lowest BCUT2D eigenvalue weighted by Gasteiger charge is -2.11. The third-order valence-electron chi connectivity index (χ3n) is 4.46. The van der Waals surface area contributed by atoms with Crippen molar-refractivity contribution in [3.8, 4) is 5.69 Å². The summed E-state index contributed by atoms with van der Waals surface area (Å²) in [7, 11) is 0. The Kier molecular flexibility index (Phi) is 5.08. The van der Waals surface area contributed by atoms with Crippen LogP contribution < -0.4 is 5.32 Å². The van der Waals surface area contributed by atoms with E-state index < -0.39 is 0 Å². The lowest BCUT2D eigenvalue weighted by Crippen LogP contribution is -2.33. The average Bonchev–Trinajstić information content (AvgIpc) is 3.30. The smallest absolute Gasteiger partial charge is 0.230 e. The Morgan fingerprint density at radius 3 is 2.77 bits per heavy atom. The normalized spacial score (nSPS) is 14.8. The Hall–Kier alpha value is -2.12. The van der Waals surface area contributed by atoms with E-state index >= 15 is 0 Å². The van der Waals surface area contributed by atoms with E-state index in [9.17, 15) is 4.79 Å². The number of nitrogens with zero attached hydrogens (tertiary/aromatic N) is 4. The lowest BCUT2D eigenvalue weighted by molar-refractivity contribution is -0.119. The first-order chi connectivity index (χ1) is 12.7. The molecular weight excluding hydrogens is 370 g/mol. The highest BCUT2D eigenvalue weighted by atomic mass is 35.5. The molecule has 0 spiro atoms. The molecule has 6 nitrogen and oxygen atoms in total. The number of carbonyl (C=O) groups excluding carboxylic acids is 1. The van der Waals surface area contributed by atoms with E-state index in [1.807, 2.05) is 24.3 Å². The molecule has 1 saturated carbocycles. The van der Waals surface area contributed by atoms with Gasteiger partial charge in [0, 0.05) is 11.1 Å². The zero-order valence-electron chi connectivity index (χ0n) is 14.1. The SMILES string of the molecule is O=C(CSc1ncnc2c1cnn2-c1ccc(Cl)cc1)NC1CCCC1. The fourth-order valence-corrected chi connectivity index (χ4v) is 4.08. The number of benzene rings is 1. The minimum atomic E-state index is 0.0544. The Bertz CT molecular complexity index is 921. The van der Waals surface area contributed by atoms with Crippen LogP contribution in [0.4, 0.5) is 0 Å². The number of nitrogens with one attached hydrogen (secondary N) is 1. The van der Waals surface area contributed by atoms with Gasteiger partial charge in [-0.3, -0.25) is 4.79 Å². The van der Waals surface area contributed by atoms with Gasteiger partial charge in [-0.2, -0.15) is 5.10 Å². The van der Waals surface area contributed by atoms with Crippen LogP contribution in [-0.2, 0) is 4.79 Å². The Balaban J connectivity index is 1.51. The molecule has 134 valence electrons. The predicted octanol–water partition coefficient (Wildman–Crippen LogP) is 3.62. The van der Waals surface area contributed by atoms with E-state index in [-0.39, 0.29) is 5.91 Å². The zero-order chi connectivity index (χ0) is 17.9. The summed E-state index contributed by atoms with van der Waals surface area (Å²) in [4.78, 5) is 20.8. The van der Waals surface area contributed by atoms with Gasteiger partial charge in [0.05, 0.1) is 23.0 Å². The summed E-state index contributed by atoms with van der Waals surface area (Å²) in [6.45, 7) is 0. The highest BCUT2D eigenvalue weighted by Gasteiger charge is 2.18. The summed E-state index contributed by atoms with van der Waals surface area (Å²) in [6, 6.07) is 7.74. The maximum Gasteiger partial charge on any atom is 0.230 e. The summed E-state index contributed by atoms with van der Waals surface area (Å²) in [5.41, 5.74) is 1.58. The maximum absolute atomic E-state index is 12.2. The van der Waals surface area contributed by atoms with Gasteiger partial charge in [0.15, 0.2) is 5.65 Å². The van der Waals surface area contributed by atoms with Gasteiger partial charge in [-0.1, -0.05) is 36.2 Å². The van der Waals surface area contributed by atoms with Crippen LogP contribution in [0.5, 0.6) is 0 Å². The quantitative estimate of drug-likeness (QED) is 0.534. The van der Waals surface area contributed by atoms with Crippen LogP contribution in [-0.4, -0.2) is 37.5 Å². The fraction of sp³-hybridized carbons (Fsp3) is 0.333. The molecule has 1 N–H and O–H groups in total. The van der Waals surface area contributed by atoms with Crippen molar-refractivity contribution in [1.29, 1.82) is 0 Å². The molecule has 0 atom stereocenters. The third-order valence-corrected chi connectivity index (χ3v) is 5.72. The minimum absolute atomic E-state index is 0.0544. The van der Waals surface area contributed by atoms with E-state index in [4.69, 9.17) is 11.6 Å². The summed E-state index contributed by atoms with van der Waals surface area (Å²) in [5, 5.41) is 9.79. The van der Waals surface area contributed by atoms with Crippen molar-refractivity contribution in [2.45, 2.75) is 36.8 Å². The van der Waals surface area contributed by atoms with Crippen molar-refractivity contribution in [3.05, 3.63) is 41.8 Å². The van der Waals surface area contributed by atoms with Crippen molar-refractivity contribution in [2.24, 2.45) is 0 Å². The molecule has 0 radical (unpaired) electrons. The van der Waals surface area contributed by atoms with E-state index in [1.165, 1.54) is 30.9 Å². The van der Waals surface area contributed by atoms with Crippen LogP contribution in [0.15, 0.2) is 41.8 Å². The second-order valence-electron chi connectivity index (χ2n) is 6.29. The van der Waals surface area contributed by atoms with Gasteiger partial charge in [-0.25, -0.2) is 14.6 Å². The van der Waals surface area contributed by atoms with Crippen LogP contribution >= 0.6 is 23.4 Å². The summed E-state index contributed by atoms with van der Waals surface area (Å²) >= 11 is 7.37. The van der Waals surface area contributed by atoms with Crippen molar-refractivity contribution < 1.29 is 4.79 Å². The van der Waals surface area contributed by atoms with Crippen LogP contribution in [0.2, 0.25) is 5.02 Å². The predicted molar refractivity (Wildman–Crippen MR) is 103 cm³/mol. The number of carbonyl (C=O) groups is 1. The molecule has 4 rings (SSSR count).